The quantitative estimate of drug-likeness (QED) is 0.880. The van der Waals surface area contributed by atoms with Gasteiger partial charge in [-0.3, -0.25) is 14.7 Å². The fourth-order valence-corrected chi connectivity index (χ4v) is 2.41. The number of carbonyl (C=O) groups is 1. The number of hydrogen-bond acceptors (Lipinski definition) is 3. The van der Waals surface area contributed by atoms with Crippen LogP contribution in [-0.2, 0) is 0 Å². The second-order valence-corrected chi connectivity index (χ2v) is 4.87. The Morgan fingerprint density at radius 2 is 2.22 bits per heavy atom. The maximum Gasteiger partial charge on any atom is 0.251 e. The molecule has 98 valence electrons. The van der Waals surface area contributed by atoms with Crippen molar-refractivity contribution in [2.75, 3.05) is 19.6 Å². The Hall–Kier alpha value is -1.42. The molecule has 2 heterocycles. The Bertz CT molecular complexity index is 380. The Balaban J connectivity index is 1.73. The third-order valence-electron chi connectivity index (χ3n) is 3.57. The Morgan fingerprint density at radius 1 is 1.44 bits per heavy atom. The highest BCUT2D eigenvalue weighted by atomic mass is 16.1. The SMILES string of the molecule is C[C@@H]1CCCCN1CCNC(=O)c1ccncc1. The molecule has 4 heteroatoms. The molecule has 1 aromatic heterocycles. The molecule has 0 unspecified atom stereocenters. The van der Waals surface area contributed by atoms with Gasteiger partial charge in [0.25, 0.3) is 5.91 Å². The molecule has 1 saturated heterocycles. The average Bonchev–Trinajstić information content (AvgIpc) is 2.42. The van der Waals surface area contributed by atoms with Gasteiger partial charge in [0, 0.05) is 37.1 Å². The zero-order chi connectivity index (χ0) is 12.8. The molecule has 1 aliphatic rings. The van der Waals surface area contributed by atoms with Crippen LogP contribution in [-0.4, -0.2) is 41.5 Å². The Labute approximate surface area is 108 Å². The van der Waals surface area contributed by atoms with Crippen LogP contribution in [0.2, 0.25) is 0 Å². The van der Waals surface area contributed by atoms with Crippen LogP contribution in [0, 0.1) is 0 Å². The summed E-state index contributed by atoms with van der Waals surface area (Å²) in [5.74, 6) is -0.0120. The minimum Gasteiger partial charge on any atom is -0.351 e. The first kappa shape index (κ1) is 13.0. The molecule has 18 heavy (non-hydrogen) atoms. The Morgan fingerprint density at radius 3 is 2.94 bits per heavy atom. The number of rotatable bonds is 4. The number of carbonyl (C=O) groups excluding carboxylic acids is 1. The lowest BCUT2D eigenvalue weighted by Gasteiger charge is -2.33. The molecule has 1 N–H and O–H groups in total. The first-order valence-corrected chi connectivity index (χ1v) is 6.69. The lowest BCUT2D eigenvalue weighted by Crippen LogP contribution is -2.42. The van der Waals surface area contributed by atoms with E-state index < -0.39 is 0 Å². The molecule has 0 spiro atoms. The monoisotopic (exact) mass is 247 g/mol. The van der Waals surface area contributed by atoms with E-state index in [0.717, 1.165) is 13.1 Å². The van der Waals surface area contributed by atoms with Crippen molar-refractivity contribution in [1.82, 2.24) is 15.2 Å². The molecule has 0 saturated carbocycles. The van der Waals surface area contributed by atoms with Crippen LogP contribution in [0.25, 0.3) is 0 Å². The number of nitrogens with zero attached hydrogens (tertiary/aromatic N) is 2. The van der Waals surface area contributed by atoms with Crippen molar-refractivity contribution < 1.29 is 4.79 Å². The summed E-state index contributed by atoms with van der Waals surface area (Å²) in [5.41, 5.74) is 0.677. The van der Waals surface area contributed by atoms with Crippen molar-refractivity contribution in [3.05, 3.63) is 30.1 Å². The van der Waals surface area contributed by atoms with Crippen molar-refractivity contribution in [2.45, 2.75) is 32.2 Å². The Kier molecular flexibility index (Phi) is 4.70. The third kappa shape index (κ3) is 3.53. The summed E-state index contributed by atoms with van der Waals surface area (Å²) in [7, 11) is 0. The van der Waals surface area contributed by atoms with E-state index in [1.54, 1.807) is 24.5 Å². The molecule has 1 atom stereocenters. The molecular formula is C14H21N3O. The van der Waals surface area contributed by atoms with Crippen molar-refractivity contribution in [2.24, 2.45) is 0 Å². The van der Waals surface area contributed by atoms with E-state index in [-0.39, 0.29) is 5.91 Å². The summed E-state index contributed by atoms with van der Waals surface area (Å²) in [5, 5.41) is 2.96. The van der Waals surface area contributed by atoms with Gasteiger partial charge in [-0.2, -0.15) is 0 Å². The van der Waals surface area contributed by atoms with Crippen LogP contribution in [0.3, 0.4) is 0 Å². The highest BCUT2D eigenvalue weighted by Crippen LogP contribution is 2.15. The summed E-state index contributed by atoms with van der Waals surface area (Å²) in [4.78, 5) is 18.2. The van der Waals surface area contributed by atoms with Crippen LogP contribution < -0.4 is 5.32 Å². The normalized spacial score (nSPS) is 20.6. The number of amides is 1. The van der Waals surface area contributed by atoms with Gasteiger partial charge < -0.3 is 5.32 Å². The van der Waals surface area contributed by atoms with Gasteiger partial charge in [0.1, 0.15) is 0 Å². The highest BCUT2D eigenvalue weighted by Gasteiger charge is 2.17. The van der Waals surface area contributed by atoms with E-state index in [1.807, 2.05) is 0 Å². The van der Waals surface area contributed by atoms with Crippen LogP contribution in [0.1, 0.15) is 36.5 Å². The van der Waals surface area contributed by atoms with E-state index >= 15 is 0 Å². The van der Waals surface area contributed by atoms with Gasteiger partial charge in [-0.15, -0.1) is 0 Å². The van der Waals surface area contributed by atoms with E-state index in [9.17, 15) is 4.79 Å². The molecule has 0 bridgehead atoms. The average molecular weight is 247 g/mol. The van der Waals surface area contributed by atoms with Crippen molar-refractivity contribution in [1.29, 1.82) is 0 Å². The molecule has 1 fully saturated rings. The second kappa shape index (κ2) is 6.50. The predicted molar refractivity (Wildman–Crippen MR) is 71.5 cm³/mol. The molecule has 2 rings (SSSR count). The first-order valence-electron chi connectivity index (χ1n) is 6.69. The number of hydrogen-bond donors (Lipinski definition) is 1. The van der Waals surface area contributed by atoms with Crippen molar-refractivity contribution >= 4 is 5.91 Å². The molecule has 1 aliphatic heterocycles. The fourth-order valence-electron chi connectivity index (χ4n) is 2.41. The summed E-state index contributed by atoms with van der Waals surface area (Å²) >= 11 is 0. The van der Waals surface area contributed by atoms with E-state index in [4.69, 9.17) is 0 Å². The van der Waals surface area contributed by atoms with Crippen LogP contribution in [0.4, 0.5) is 0 Å². The van der Waals surface area contributed by atoms with Gasteiger partial charge in [-0.05, 0) is 38.4 Å². The molecule has 0 aromatic carbocycles. The van der Waals surface area contributed by atoms with Gasteiger partial charge >= 0.3 is 0 Å². The molecule has 1 aromatic rings. The van der Waals surface area contributed by atoms with E-state index in [0.29, 0.717) is 18.2 Å². The van der Waals surface area contributed by atoms with Gasteiger partial charge in [0.15, 0.2) is 0 Å². The minimum atomic E-state index is -0.0120. The molecule has 0 radical (unpaired) electrons. The molecule has 4 nitrogen and oxygen atoms in total. The minimum absolute atomic E-state index is 0.0120. The highest BCUT2D eigenvalue weighted by molar-refractivity contribution is 5.93. The molecule has 0 aliphatic carbocycles. The van der Waals surface area contributed by atoms with Crippen molar-refractivity contribution in [3.8, 4) is 0 Å². The predicted octanol–water partition coefficient (Wildman–Crippen LogP) is 1.69. The number of nitrogens with one attached hydrogen (secondary N) is 1. The number of piperidine rings is 1. The fraction of sp³-hybridized carbons (Fsp3) is 0.571. The van der Waals surface area contributed by atoms with Gasteiger partial charge in [0.2, 0.25) is 0 Å². The zero-order valence-electron chi connectivity index (χ0n) is 10.9. The lowest BCUT2D eigenvalue weighted by molar-refractivity contribution is 0.0938. The van der Waals surface area contributed by atoms with E-state index in [1.165, 1.54) is 19.3 Å². The van der Waals surface area contributed by atoms with E-state index in [2.05, 4.69) is 22.1 Å². The molecular weight excluding hydrogens is 226 g/mol. The summed E-state index contributed by atoms with van der Waals surface area (Å²) in [6, 6.07) is 4.12. The molecule has 1 amide bonds. The van der Waals surface area contributed by atoms with Gasteiger partial charge in [-0.25, -0.2) is 0 Å². The number of pyridine rings is 1. The largest absolute Gasteiger partial charge is 0.351 e. The van der Waals surface area contributed by atoms with Crippen molar-refractivity contribution in [3.63, 3.8) is 0 Å². The maximum absolute atomic E-state index is 11.8. The zero-order valence-corrected chi connectivity index (χ0v) is 10.9. The number of aromatic nitrogens is 1. The maximum atomic E-state index is 11.8. The smallest absolute Gasteiger partial charge is 0.251 e. The number of likely N-dealkylation sites (tertiary alicyclic amines) is 1. The second-order valence-electron chi connectivity index (χ2n) is 4.87. The van der Waals surface area contributed by atoms with Crippen LogP contribution in [0.15, 0.2) is 24.5 Å². The first-order chi connectivity index (χ1) is 8.77. The van der Waals surface area contributed by atoms with Crippen LogP contribution in [0.5, 0.6) is 0 Å². The van der Waals surface area contributed by atoms with Crippen LogP contribution >= 0.6 is 0 Å². The van der Waals surface area contributed by atoms with Gasteiger partial charge in [-0.1, -0.05) is 6.42 Å². The standard InChI is InChI=1S/C14H21N3O/c1-12-4-2-3-10-17(12)11-9-16-14(18)13-5-7-15-8-6-13/h5-8,12H,2-4,9-11H2,1H3,(H,16,18)/t12-/m1/s1. The topological polar surface area (TPSA) is 45.2 Å². The summed E-state index contributed by atoms with van der Waals surface area (Å²) in [6.45, 7) is 5.08. The summed E-state index contributed by atoms with van der Waals surface area (Å²) < 4.78 is 0. The van der Waals surface area contributed by atoms with Gasteiger partial charge in [0.05, 0.1) is 0 Å². The summed E-state index contributed by atoms with van der Waals surface area (Å²) in [6.07, 6.45) is 7.17. The third-order valence-corrected chi connectivity index (χ3v) is 3.57. The lowest BCUT2D eigenvalue weighted by atomic mass is 10.0.